The highest BCUT2D eigenvalue weighted by Gasteiger charge is 2.11. The zero-order chi connectivity index (χ0) is 16.7. The molecule has 7 heteroatoms. The number of aryl methyl sites for hydroxylation is 1. The zero-order valence-electron chi connectivity index (χ0n) is 13.1. The van der Waals surface area contributed by atoms with Gasteiger partial charge in [-0.05, 0) is 19.4 Å². The molecule has 23 heavy (non-hydrogen) atoms. The lowest BCUT2D eigenvalue weighted by Crippen LogP contribution is -2.04. The molecule has 1 aromatic heterocycles. The Labute approximate surface area is 138 Å². The number of thiazole rings is 1. The van der Waals surface area contributed by atoms with Gasteiger partial charge in [0.1, 0.15) is 5.82 Å². The Morgan fingerprint density at radius 1 is 1.35 bits per heavy atom. The maximum absolute atomic E-state index is 13.9. The summed E-state index contributed by atoms with van der Waals surface area (Å²) in [4.78, 5) is 4.18. The molecule has 0 radical (unpaired) electrons. The first-order valence-electron chi connectivity index (χ1n) is 7.43. The Bertz CT molecular complexity index is 673. The second-order valence-corrected chi connectivity index (χ2v) is 5.88. The van der Waals surface area contributed by atoms with E-state index in [-0.39, 0.29) is 11.3 Å². The predicted molar refractivity (Wildman–Crippen MR) is 89.4 cm³/mol. The van der Waals surface area contributed by atoms with Gasteiger partial charge in [0.05, 0.1) is 18.5 Å². The number of hydrogen-bond acceptors (Lipinski definition) is 5. The first-order chi connectivity index (χ1) is 11.1. The van der Waals surface area contributed by atoms with Crippen LogP contribution in [-0.4, -0.2) is 17.8 Å². The highest BCUT2D eigenvalue weighted by atomic mass is 32.1. The minimum absolute atomic E-state index is 0.0170. The normalized spacial score (nSPS) is 11.1. The summed E-state index contributed by atoms with van der Waals surface area (Å²) in [5, 5.41) is 6.46. The van der Waals surface area contributed by atoms with E-state index in [1.54, 1.807) is 0 Å². The van der Waals surface area contributed by atoms with E-state index in [9.17, 15) is 8.78 Å². The van der Waals surface area contributed by atoms with E-state index >= 15 is 0 Å². The number of unbranched alkanes of at least 4 members (excludes halogenated alkanes) is 2. The predicted octanol–water partition coefficient (Wildman–Crippen LogP) is 4.74. The molecule has 0 bridgehead atoms. The van der Waals surface area contributed by atoms with Gasteiger partial charge in [0.2, 0.25) is 5.13 Å². The molecule has 0 amide bonds. The largest absolute Gasteiger partial charge is 0.490 e. The molecule has 0 atom stereocenters. The van der Waals surface area contributed by atoms with Crippen molar-refractivity contribution in [2.75, 3.05) is 12.0 Å². The van der Waals surface area contributed by atoms with Gasteiger partial charge in [-0.2, -0.15) is 5.10 Å². The molecule has 4 nitrogen and oxygen atoms in total. The van der Waals surface area contributed by atoms with Crippen LogP contribution in [0, 0.1) is 18.6 Å². The van der Waals surface area contributed by atoms with Gasteiger partial charge in [-0.3, -0.25) is 5.43 Å². The van der Waals surface area contributed by atoms with Crippen LogP contribution in [0.4, 0.5) is 13.9 Å². The summed E-state index contributed by atoms with van der Waals surface area (Å²) >= 11 is 1.40. The first kappa shape index (κ1) is 17.3. The summed E-state index contributed by atoms with van der Waals surface area (Å²) in [5.41, 5.74) is 3.86. The van der Waals surface area contributed by atoms with Crippen molar-refractivity contribution in [3.8, 4) is 5.75 Å². The Morgan fingerprint density at radius 3 is 2.87 bits per heavy atom. The van der Waals surface area contributed by atoms with Crippen LogP contribution in [-0.2, 0) is 0 Å². The molecule has 0 spiro atoms. The third-order valence-electron chi connectivity index (χ3n) is 3.01. The van der Waals surface area contributed by atoms with Gasteiger partial charge < -0.3 is 4.74 Å². The number of halogens is 2. The Hall–Kier alpha value is -2.02. The van der Waals surface area contributed by atoms with Gasteiger partial charge in [-0.15, -0.1) is 11.3 Å². The summed E-state index contributed by atoms with van der Waals surface area (Å²) in [6.45, 7) is 4.33. The number of hydrazone groups is 1. The van der Waals surface area contributed by atoms with Crippen LogP contribution in [0.25, 0.3) is 0 Å². The number of benzene rings is 1. The molecule has 0 fully saturated rings. The number of nitrogens with one attached hydrogen (secondary N) is 1. The van der Waals surface area contributed by atoms with Crippen molar-refractivity contribution in [1.82, 2.24) is 4.98 Å². The molecule has 2 aromatic rings. The SMILES string of the molecule is CCCCCOc1c(F)cc(F)cc1C=NNc1nc(C)cs1. The van der Waals surface area contributed by atoms with E-state index in [2.05, 4.69) is 22.4 Å². The molecular formula is C16H19F2N3OS. The Morgan fingerprint density at radius 2 is 2.17 bits per heavy atom. The lowest BCUT2D eigenvalue weighted by molar-refractivity contribution is 0.290. The molecule has 0 aliphatic rings. The molecule has 1 aromatic carbocycles. The van der Waals surface area contributed by atoms with E-state index in [0.29, 0.717) is 11.7 Å². The van der Waals surface area contributed by atoms with Crippen LogP contribution >= 0.6 is 11.3 Å². The molecular weight excluding hydrogens is 320 g/mol. The lowest BCUT2D eigenvalue weighted by Gasteiger charge is -2.10. The third-order valence-corrected chi connectivity index (χ3v) is 3.88. The third kappa shape index (κ3) is 5.28. The smallest absolute Gasteiger partial charge is 0.203 e. The molecule has 124 valence electrons. The quantitative estimate of drug-likeness (QED) is 0.429. The number of rotatable bonds is 8. The van der Waals surface area contributed by atoms with E-state index in [0.717, 1.165) is 31.0 Å². The maximum atomic E-state index is 13.9. The molecule has 0 aliphatic carbocycles. The van der Waals surface area contributed by atoms with Gasteiger partial charge in [0.15, 0.2) is 11.6 Å². The fourth-order valence-corrected chi connectivity index (χ4v) is 2.55. The standard InChI is InChI=1S/C16H19F2N3OS/c1-3-4-5-6-22-15-12(7-13(17)8-14(15)18)9-19-21-16-20-11(2)10-23-16/h7-10H,3-6H2,1-2H3,(H,20,21). The number of nitrogens with zero attached hydrogens (tertiary/aromatic N) is 2. The Balaban J connectivity index is 2.08. The highest BCUT2D eigenvalue weighted by Crippen LogP contribution is 2.23. The Kier molecular flexibility index (Phi) is 6.46. The van der Waals surface area contributed by atoms with Gasteiger partial charge in [0.25, 0.3) is 0 Å². The minimum atomic E-state index is -0.729. The number of hydrogen-bond donors (Lipinski definition) is 1. The lowest BCUT2D eigenvalue weighted by atomic mass is 10.2. The zero-order valence-corrected chi connectivity index (χ0v) is 13.9. The van der Waals surface area contributed by atoms with E-state index in [4.69, 9.17) is 4.74 Å². The van der Waals surface area contributed by atoms with Crippen LogP contribution in [0.15, 0.2) is 22.6 Å². The highest BCUT2D eigenvalue weighted by molar-refractivity contribution is 7.13. The molecule has 0 aliphatic heterocycles. The van der Waals surface area contributed by atoms with Gasteiger partial charge in [0, 0.05) is 17.0 Å². The average Bonchev–Trinajstić information content (AvgIpc) is 2.91. The molecule has 2 rings (SSSR count). The second-order valence-electron chi connectivity index (χ2n) is 5.03. The molecule has 0 saturated carbocycles. The van der Waals surface area contributed by atoms with Crippen LogP contribution in [0.3, 0.4) is 0 Å². The van der Waals surface area contributed by atoms with Gasteiger partial charge in [-0.1, -0.05) is 19.8 Å². The van der Waals surface area contributed by atoms with E-state index < -0.39 is 11.6 Å². The minimum Gasteiger partial charge on any atom is -0.490 e. The summed E-state index contributed by atoms with van der Waals surface area (Å²) in [6.07, 6.45) is 4.19. The summed E-state index contributed by atoms with van der Waals surface area (Å²) < 4.78 is 32.8. The maximum Gasteiger partial charge on any atom is 0.203 e. The summed E-state index contributed by atoms with van der Waals surface area (Å²) in [5.74, 6) is -1.38. The van der Waals surface area contributed by atoms with Crippen molar-refractivity contribution < 1.29 is 13.5 Å². The fourth-order valence-electron chi connectivity index (χ4n) is 1.92. The van der Waals surface area contributed by atoms with E-state index in [1.807, 2.05) is 12.3 Å². The van der Waals surface area contributed by atoms with Crippen LogP contribution in [0.2, 0.25) is 0 Å². The summed E-state index contributed by atoms with van der Waals surface area (Å²) in [6, 6.07) is 2.00. The van der Waals surface area contributed by atoms with E-state index in [1.165, 1.54) is 23.6 Å². The van der Waals surface area contributed by atoms with Crippen LogP contribution < -0.4 is 10.2 Å². The van der Waals surface area contributed by atoms with Crippen molar-refractivity contribution in [2.45, 2.75) is 33.1 Å². The fraction of sp³-hybridized carbons (Fsp3) is 0.375. The van der Waals surface area contributed by atoms with Gasteiger partial charge in [-0.25, -0.2) is 13.8 Å². The number of anilines is 1. The van der Waals surface area contributed by atoms with Crippen LogP contribution in [0.5, 0.6) is 5.75 Å². The first-order valence-corrected chi connectivity index (χ1v) is 8.31. The molecule has 1 heterocycles. The topological polar surface area (TPSA) is 46.5 Å². The van der Waals surface area contributed by atoms with Crippen molar-refractivity contribution in [3.05, 3.63) is 40.4 Å². The summed E-state index contributed by atoms with van der Waals surface area (Å²) in [7, 11) is 0. The average molecular weight is 339 g/mol. The molecule has 1 N–H and O–H groups in total. The van der Waals surface area contributed by atoms with Gasteiger partial charge >= 0.3 is 0 Å². The van der Waals surface area contributed by atoms with Crippen molar-refractivity contribution in [3.63, 3.8) is 0 Å². The molecule has 0 unspecified atom stereocenters. The molecule has 0 saturated heterocycles. The van der Waals surface area contributed by atoms with Crippen molar-refractivity contribution in [2.24, 2.45) is 5.10 Å². The van der Waals surface area contributed by atoms with Crippen LogP contribution in [0.1, 0.15) is 37.4 Å². The number of ether oxygens (including phenoxy) is 1. The second kappa shape index (κ2) is 8.57. The number of aromatic nitrogens is 1. The monoisotopic (exact) mass is 339 g/mol. The van der Waals surface area contributed by atoms with Crippen molar-refractivity contribution >= 4 is 22.7 Å². The van der Waals surface area contributed by atoms with Crippen molar-refractivity contribution in [1.29, 1.82) is 0 Å².